The number of rotatable bonds is 4. The van der Waals surface area contributed by atoms with Gasteiger partial charge in [-0.25, -0.2) is 0 Å². The summed E-state index contributed by atoms with van der Waals surface area (Å²) < 4.78 is 0. The van der Waals surface area contributed by atoms with Crippen LogP contribution in [0.15, 0.2) is 36.5 Å². The van der Waals surface area contributed by atoms with Crippen LogP contribution in [0.3, 0.4) is 0 Å². The zero-order valence-corrected chi connectivity index (χ0v) is 13.3. The summed E-state index contributed by atoms with van der Waals surface area (Å²) in [6.07, 6.45) is 6.58. The summed E-state index contributed by atoms with van der Waals surface area (Å²) in [7, 11) is 2.01. The van der Waals surface area contributed by atoms with Crippen LogP contribution in [0.5, 0.6) is 0 Å². The first-order valence-electron chi connectivity index (χ1n) is 8.04. The van der Waals surface area contributed by atoms with Crippen molar-refractivity contribution in [2.45, 2.75) is 38.6 Å². The molecule has 22 heavy (non-hydrogen) atoms. The predicted octanol–water partition coefficient (Wildman–Crippen LogP) is 3.41. The molecule has 0 amide bonds. The van der Waals surface area contributed by atoms with Gasteiger partial charge in [0.05, 0.1) is 6.20 Å². The molecule has 1 atom stereocenters. The second-order valence-corrected chi connectivity index (χ2v) is 5.76. The van der Waals surface area contributed by atoms with Crippen molar-refractivity contribution >= 4 is 17.5 Å². The molecule has 1 unspecified atom stereocenters. The maximum Gasteiger partial charge on any atom is 0.247 e. The van der Waals surface area contributed by atoms with Gasteiger partial charge in [-0.15, -0.1) is 5.10 Å². The van der Waals surface area contributed by atoms with E-state index < -0.39 is 0 Å². The van der Waals surface area contributed by atoms with E-state index in [0.717, 1.165) is 30.4 Å². The first-order valence-corrected chi connectivity index (χ1v) is 8.04. The van der Waals surface area contributed by atoms with Crippen molar-refractivity contribution in [1.82, 2.24) is 15.2 Å². The SMILES string of the molecule is CCC1CCCCN1c1nncc(N(C)c2ccccc2)n1. The Bertz CT molecular complexity index is 601. The van der Waals surface area contributed by atoms with E-state index in [1.165, 1.54) is 19.3 Å². The molecule has 1 fully saturated rings. The van der Waals surface area contributed by atoms with Gasteiger partial charge < -0.3 is 9.80 Å². The molecule has 1 aliphatic heterocycles. The van der Waals surface area contributed by atoms with Crippen molar-refractivity contribution in [3.05, 3.63) is 36.5 Å². The maximum absolute atomic E-state index is 4.75. The lowest BCUT2D eigenvalue weighted by molar-refractivity contribution is 0.441. The average molecular weight is 297 g/mol. The Labute approximate surface area is 132 Å². The van der Waals surface area contributed by atoms with Gasteiger partial charge in [0.25, 0.3) is 0 Å². The minimum Gasteiger partial charge on any atom is -0.336 e. The number of benzene rings is 1. The third kappa shape index (κ3) is 3.03. The largest absolute Gasteiger partial charge is 0.336 e. The van der Waals surface area contributed by atoms with Crippen LogP contribution < -0.4 is 9.80 Å². The number of hydrogen-bond donors (Lipinski definition) is 0. The number of para-hydroxylation sites is 1. The van der Waals surface area contributed by atoms with E-state index in [1.807, 2.05) is 30.1 Å². The summed E-state index contributed by atoms with van der Waals surface area (Å²) in [4.78, 5) is 9.11. The first kappa shape index (κ1) is 14.8. The van der Waals surface area contributed by atoms with Crippen molar-refractivity contribution < 1.29 is 0 Å². The molecular formula is C17H23N5. The van der Waals surface area contributed by atoms with Crippen molar-refractivity contribution in [2.75, 3.05) is 23.4 Å². The summed E-state index contributed by atoms with van der Waals surface area (Å²) >= 11 is 0. The topological polar surface area (TPSA) is 45.2 Å². The molecule has 1 aromatic carbocycles. The van der Waals surface area contributed by atoms with Crippen molar-refractivity contribution in [2.24, 2.45) is 0 Å². The Morgan fingerprint density at radius 3 is 2.82 bits per heavy atom. The van der Waals surface area contributed by atoms with Crippen LogP contribution in [-0.2, 0) is 0 Å². The second kappa shape index (κ2) is 6.73. The number of anilines is 3. The lowest BCUT2D eigenvalue weighted by Gasteiger charge is -2.35. The highest BCUT2D eigenvalue weighted by atomic mass is 15.4. The number of aromatic nitrogens is 3. The van der Waals surface area contributed by atoms with Gasteiger partial charge in [0.15, 0.2) is 5.82 Å². The van der Waals surface area contributed by atoms with Crippen LogP contribution in [0, 0.1) is 0 Å². The average Bonchev–Trinajstić information content (AvgIpc) is 2.62. The Balaban J connectivity index is 1.86. The molecule has 0 N–H and O–H groups in total. The van der Waals surface area contributed by atoms with E-state index in [4.69, 9.17) is 4.98 Å². The summed E-state index contributed by atoms with van der Waals surface area (Å²) in [5, 5.41) is 8.45. The van der Waals surface area contributed by atoms with Crippen LogP contribution in [0.4, 0.5) is 17.5 Å². The minimum atomic E-state index is 0.535. The van der Waals surface area contributed by atoms with Gasteiger partial charge in [0, 0.05) is 25.3 Å². The zero-order chi connectivity index (χ0) is 15.4. The Hall–Kier alpha value is -2.17. The maximum atomic E-state index is 4.75. The van der Waals surface area contributed by atoms with E-state index >= 15 is 0 Å². The van der Waals surface area contributed by atoms with E-state index in [1.54, 1.807) is 6.20 Å². The lowest BCUT2D eigenvalue weighted by Crippen LogP contribution is -2.40. The zero-order valence-electron chi connectivity index (χ0n) is 13.3. The Morgan fingerprint density at radius 2 is 2.05 bits per heavy atom. The summed E-state index contributed by atoms with van der Waals surface area (Å²) in [5.41, 5.74) is 1.10. The predicted molar refractivity (Wildman–Crippen MR) is 89.6 cm³/mol. The second-order valence-electron chi connectivity index (χ2n) is 5.76. The molecule has 116 valence electrons. The molecule has 5 nitrogen and oxygen atoms in total. The highest BCUT2D eigenvalue weighted by Crippen LogP contribution is 2.26. The monoisotopic (exact) mass is 297 g/mol. The third-order valence-corrected chi connectivity index (χ3v) is 4.38. The number of piperidine rings is 1. The molecule has 0 aliphatic carbocycles. The van der Waals surface area contributed by atoms with Gasteiger partial charge in [-0.3, -0.25) is 0 Å². The Morgan fingerprint density at radius 1 is 1.23 bits per heavy atom. The van der Waals surface area contributed by atoms with E-state index in [9.17, 15) is 0 Å². The number of hydrogen-bond acceptors (Lipinski definition) is 5. The minimum absolute atomic E-state index is 0.535. The highest BCUT2D eigenvalue weighted by molar-refractivity contribution is 5.58. The lowest BCUT2D eigenvalue weighted by atomic mass is 10.0. The number of nitrogens with zero attached hydrogens (tertiary/aromatic N) is 5. The standard InChI is InChI=1S/C17H23N5/c1-3-14-9-7-8-12-22(14)17-19-16(13-18-20-17)21(2)15-10-5-4-6-11-15/h4-6,10-11,13-14H,3,7-9,12H2,1-2H3. The Kier molecular flexibility index (Phi) is 4.51. The molecular weight excluding hydrogens is 274 g/mol. The summed E-state index contributed by atoms with van der Waals surface area (Å²) in [6.45, 7) is 3.26. The quantitative estimate of drug-likeness (QED) is 0.865. The highest BCUT2D eigenvalue weighted by Gasteiger charge is 2.24. The van der Waals surface area contributed by atoms with Crippen LogP contribution in [-0.4, -0.2) is 34.8 Å². The molecule has 0 spiro atoms. The molecule has 2 heterocycles. The molecule has 1 saturated heterocycles. The fourth-order valence-electron chi connectivity index (χ4n) is 3.04. The van der Waals surface area contributed by atoms with Gasteiger partial charge in [0.2, 0.25) is 5.95 Å². The molecule has 1 aliphatic rings. The molecule has 2 aromatic rings. The molecule has 3 rings (SSSR count). The van der Waals surface area contributed by atoms with Crippen LogP contribution >= 0.6 is 0 Å². The fraction of sp³-hybridized carbons (Fsp3) is 0.471. The van der Waals surface area contributed by atoms with Crippen molar-refractivity contribution in [3.63, 3.8) is 0 Å². The third-order valence-electron chi connectivity index (χ3n) is 4.38. The van der Waals surface area contributed by atoms with Gasteiger partial charge in [-0.1, -0.05) is 25.1 Å². The van der Waals surface area contributed by atoms with Gasteiger partial charge in [0.1, 0.15) is 0 Å². The van der Waals surface area contributed by atoms with Crippen molar-refractivity contribution in [1.29, 1.82) is 0 Å². The molecule has 5 heteroatoms. The molecule has 0 radical (unpaired) electrons. The molecule has 0 bridgehead atoms. The van der Waals surface area contributed by atoms with E-state index in [0.29, 0.717) is 6.04 Å². The summed E-state index contributed by atoms with van der Waals surface area (Å²) in [6, 6.07) is 10.7. The smallest absolute Gasteiger partial charge is 0.247 e. The fourth-order valence-corrected chi connectivity index (χ4v) is 3.04. The van der Waals surface area contributed by atoms with E-state index in [-0.39, 0.29) is 0 Å². The van der Waals surface area contributed by atoms with Crippen molar-refractivity contribution in [3.8, 4) is 0 Å². The van der Waals surface area contributed by atoms with Crippen LogP contribution in [0.25, 0.3) is 0 Å². The van der Waals surface area contributed by atoms with Crippen LogP contribution in [0.2, 0.25) is 0 Å². The first-order chi connectivity index (χ1) is 10.8. The molecule has 1 aromatic heterocycles. The van der Waals surface area contributed by atoms with Gasteiger partial charge in [-0.05, 0) is 37.8 Å². The molecule has 0 saturated carbocycles. The van der Waals surface area contributed by atoms with Gasteiger partial charge in [-0.2, -0.15) is 10.1 Å². The summed E-state index contributed by atoms with van der Waals surface area (Å²) in [5.74, 6) is 1.59. The van der Waals surface area contributed by atoms with Gasteiger partial charge >= 0.3 is 0 Å². The van der Waals surface area contributed by atoms with Crippen LogP contribution in [0.1, 0.15) is 32.6 Å². The normalized spacial score (nSPS) is 18.3. The van der Waals surface area contributed by atoms with E-state index in [2.05, 4.69) is 34.2 Å².